The molecule has 2 aliphatic heterocycles. The van der Waals surface area contributed by atoms with Gasteiger partial charge in [0.25, 0.3) is 5.91 Å². The minimum Gasteiger partial charge on any atom is -0.493 e. The molecular formula is C27H31ClN4O4. The molecule has 2 aromatic carbocycles. The number of hydrogen-bond donors (Lipinski definition) is 2. The van der Waals surface area contributed by atoms with Crippen molar-refractivity contribution in [3.8, 4) is 17.6 Å². The van der Waals surface area contributed by atoms with E-state index in [4.69, 9.17) is 20.2 Å². The predicted octanol–water partition coefficient (Wildman–Crippen LogP) is 3.28. The minimum absolute atomic E-state index is 0. The number of nitrogens with one attached hydrogen (secondary N) is 1. The average molecular weight is 511 g/mol. The fraction of sp³-hybridized carbons (Fsp3) is 0.407. The Hall–Kier alpha value is -3.57. The molecule has 36 heavy (non-hydrogen) atoms. The highest BCUT2D eigenvalue weighted by Crippen LogP contribution is 2.50. The number of rotatable bonds is 6. The van der Waals surface area contributed by atoms with E-state index in [1.165, 1.54) is 0 Å². The van der Waals surface area contributed by atoms with E-state index in [1.807, 2.05) is 19.9 Å². The van der Waals surface area contributed by atoms with Crippen LogP contribution in [0, 0.1) is 11.3 Å². The minimum atomic E-state index is -0.612. The third kappa shape index (κ3) is 5.02. The molecule has 0 bridgehead atoms. The number of carbonyl (C=O) groups excluding carboxylic acids is 2. The van der Waals surface area contributed by atoms with E-state index in [9.17, 15) is 14.9 Å². The van der Waals surface area contributed by atoms with Crippen LogP contribution in [0.25, 0.3) is 0 Å². The van der Waals surface area contributed by atoms with Crippen molar-refractivity contribution >= 4 is 29.9 Å². The first-order valence-corrected chi connectivity index (χ1v) is 11.5. The molecule has 2 amide bonds. The second-order valence-corrected chi connectivity index (χ2v) is 10.2. The van der Waals surface area contributed by atoms with E-state index in [1.54, 1.807) is 25.3 Å². The second-order valence-electron chi connectivity index (χ2n) is 10.2. The fourth-order valence-electron chi connectivity index (χ4n) is 4.95. The smallest absolute Gasteiger partial charge is 0.251 e. The van der Waals surface area contributed by atoms with Gasteiger partial charge in [-0.05, 0) is 51.8 Å². The second kappa shape index (κ2) is 9.82. The van der Waals surface area contributed by atoms with Crippen LogP contribution in [0.2, 0.25) is 0 Å². The molecule has 2 heterocycles. The normalized spacial score (nSPS) is 16.3. The zero-order valence-electron chi connectivity index (χ0n) is 21.2. The average Bonchev–Trinajstić information content (AvgIpc) is 3.11. The van der Waals surface area contributed by atoms with Gasteiger partial charge in [-0.25, -0.2) is 0 Å². The van der Waals surface area contributed by atoms with Crippen LogP contribution in [-0.4, -0.2) is 42.3 Å². The van der Waals surface area contributed by atoms with Crippen molar-refractivity contribution in [2.45, 2.75) is 58.1 Å². The maximum Gasteiger partial charge on any atom is 0.251 e. The standard InChI is InChI=1S/C27H30N4O4.ClH/c1-26(2)12-18-17(9-10-28)23(34-5)24-19(13-27(3,4)35-24)21(18)22(31-26)15-7-6-8-16(11-15)25(33)30-14-20(29)32;/h6-8,11H,9,12-14H2,1-5H3,(H2,29,32)(H,30,33);1H. The molecule has 0 radical (unpaired) electrons. The van der Waals surface area contributed by atoms with Crippen molar-refractivity contribution in [3.63, 3.8) is 0 Å². The summed E-state index contributed by atoms with van der Waals surface area (Å²) in [5.41, 5.74) is 10.0. The van der Waals surface area contributed by atoms with Crippen LogP contribution < -0.4 is 20.5 Å². The fourth-order valence-corrected chi connectivity index (χ4v) is 4.95. The molecule has 0 saturated heterocycles. The number of methoxy groups -OCH3 is 1. The third-order valence-corrected chi connectivity index (χ3v) is 6.25. The van der Waals surface area contributed by atoms with E-state index in [-0.39, 0.29) is 25.4 Å². The Kier molecular flexibility index (Phi) is 7.37. The van der Waals surface area contributed by atoms with Gasteiger partial charge in [-0.15, -0.1) is 12.4 Å². The number of primary amides is 1. The van der Waals surface area contributed by atoms with Crippen LogP contribution >= 0.6 is 12.4 Å². The van der Waals surface area contributed by atoms with Gasteiger partial charge in [-0.1, -0.05) is 12.1 Å². The van der Waals surface area contributed by atoms with Gasteiger partial charge in [0.2, 0.25) is 5.91 Å². The largest absolute Gasteiger partial charge is 0.493 e. The number of ether oxygens (including phenoxy) is 2. The maximum absolute atomic E-state index is 12.6. The number of fused-ring (bicyclic) bond motifs is 3. The number of carbonyl (C=O) groups is 2. The molecule has 0 aromatic heterocycles. The molecule has 0 unspecified atom stereocenters. The lowest BCUT2D eigenvalue weighted by atomic mass is 9.78. The zero-order valence-corrected chi connectivity index (χ0v) is 22.0. The highest BCUT2D eigenvalue weighted by atomic mass is 35.5. The molecule has 0 saturated carbocycles. The Balaban J connectivity index is 0.00000361. The quantitative estimate of drug-likeness (QED) is 0.616. The van der Waals surface area contributed by atoms with Gasteiger partial charge in [0, 0.05) is 34.2 Å². The number of nitrogens with two attached hydrogens (primary N) is 1. The first-order chi connectivity index (χ1) is 16.5. The molecule has 2 aliphatic rings. The Labute approximate surface area is 217 Å². The van der Waals surface area contributed by atoms with Gasteiger partial charge in [-0.3, -0.25) is 14.6 Å². The number of hydrogen-bond acceptors (Lipinski definition) is 6. The lowest BCUT2D eigenvalue weighted by molar-refractivity contribution is -0.117. The Bertz CT molecular complexity index is 1310. The van der Waals surface area contributed by atoms with Crippen molar-refractivity contribution in [2.24, 2.45) is 10.7 Å². The summed E-state index contributed by atoms with van der Waals surface area (Å²) in [5, 5.41) is 12.2. The summed E-state index contributed by atoms with van der Waals surface area (Å²) in [6, 6.07) is 9.43. The number of nitrogens with zero attached hydrogens (tertiary/aromatic N) is 2. The molecule has 0 aliphatic carbocycles. The van der Waals surface area contributed by atoms with E-state index < -0.39 is 23.0 Å². The van der Waals surface area contributed by atoms with Crippen molar-refractivity contribution < 1.29 is 19.1 Å². The number of aliphatic imine (C=N–C) groups is 1. The van der Waals surface area contributed by atoms with Gasteiger partial charge >= 0.3 is 0 Å². The Morgan fingerprint density at radius 2 is 1.94 bits per heavy atom. The number of halogens is 1. The highest BCUT2D eigenvalue weighted by Gasteiger charge is 2.41. The number of nitriles is 1. The molecule has 9 heteroatoms. The zero-order chi connectivity index (χ0) is 25.5. The summed E-state index contributed by atoms with van der Waals surface area (Å²) in [6.07, 6.45) is 1.49. The summed E-state index contributed by atoms with van der Waals surface area (Å²) in [7, 11) is 1.61. The molecule has 3 N–H and O–H groups in total. The summed E-state index contributed by atoms with van der Waals surface area (Å²) in [4.78, 5) is 28.8. The van der Waals surface area contributed by atoms with E-state index in [2.05, 4.69) is 25.2 Å². The molecule has 0 spiro atoms. The molecule has 4 rings (SSSR count). The lowest BCUT2D eigenvalue weighted by Gasteiger charge is -2.33. The van der Waals surface area contributed by atoms with Crippen LogP contribution in [0.1, 0.15) is 65.9 Å². The highest BCUT2D eigenvalue weighted by molar-refractivity contribution is 6.17. The summed E-state index contributed by atoms with van der Waals surface area (Å²) < 4.78 is 12.1. The van der Waals surface area contributed by atoms with Crippen molar-refractivity contribution in [1.82, 2.24) is 5.32 Å². The molecule has 190 valence electrons. The number of benzene rings is 2. The van der Waals surface area contributed by atoms with Gasteiger partial charge < -0.3 is 20.5 Å². The summed E-state index contributed by atoms with van der Waals surface area (Å²) in [5.74, 6) is 0.266. The monoisotopic (exact) mass is 510 g/mol. The first kappa shape index (κ1) is 27.0. The summed E-state index contributed by atoms with van der Waals surface area (Å²) in [6.45, 7) is 7.91. The van der Waals surface area contributed by atoms with Crippen LogP contribution in [0.4, 0.5) is 0 Å². The summed E-state index contributed by atoms with van der Waals surface area (Å²) >= 11 is 0. The van der Waals surface area contributed by atoms with Crippen LogP contribution in [0.3, 0.4) is 0 Å². The van der Waals surface area contributed by atoms with E-state index >= 15 is 0 Å². The van der Waals surface area contributed by atoms with E-state index in [0.717, 1.165) is 33.5 Å². The first-order valence-electron chi connectivity index (χ1n) is 11.5. The Morgan fingerprint density at radius 1 is 1.22 bits per heavy atom. The molecular weight excluding hydrogens is 480 g/mol. The maximum atomic E-state index is 12.6. The van der Waals surface area contributed by atoms with Gasteiger partial charge in [-0.2, -0.15) is 5.26 Å². The topological polar surface area (TPSA) is 127 Å². The van der Waals surface area contributed by atoms with Crippen LogP contribution in [-0.2, 0) is 24.1 Å². The molecule has 8 nitrogen and oxygen atoms in total. The van der Waals surface area contributed by atoms with Gasteiger partial charge in [0.05, 0.1) is 37.4 Å². The third-order valence-electron chi connectivity index (χ3n) is 6.25. The van der Waals surface area contributed by atoms with Crippen molar-refractivity contribution in [3.05, 3.63) is 57.6 Å². The van der Waals surface area contributed by atoms with Gasteiger partial charge in [0.15, 0.2) is 11.5 Å². The van der Waals surface area contributed by atoms with Crippen molar-refractivity contribution in [2.75, 3.05) is 13.7 Å². The van der Waals surface area contributed by atoms with Crippen molar-refractivity contribution in [1.29, 1.82) is 5.26 Å². The van der Waals surface area contributed by atoms with E-state index in [0.29, 0.717) is 29.9 Å². The van der Waals surface area contributed by atoms with Crippen LogP contribution in [0.15, 0.2) is 29.3 Å². The molecule has 0 fully saturated rings. The molecule has 0 atom stereocenters. The SMILES string of the molecule is COc1c(CC#N)c2c(c3c1OC(C)(C)C3)C(c1cccc(C(=O)NCC(N)=O)c1)=NC(C)(C)C2.Cl. The lowest BCUT2D eigenvalue weighted by Crippen LogP contribution is -2.33. The van der Waals surface area contributed by atoms with Gasteiger partial charge in [0.1, 0.15) is 5.60 Å². The number of amides is 2. The molecule has 2 aromatic rings. The Morgan fingerprint density at radius 3 is 2.58 bits per heavy atom. The van der Waals surface area contributed by atoms with Crippen LogP contribution in [0.5, 0.6) is 11.5 Å². The predicted molar refractivity (Wildman–Crippen MR) is 139 cm³/mol.